The van der Waals surface area contributed by atoms with Gasteiger partial charge in [0.1, 0.15) is 17.2 Å². The molecule has 6 rings (SSSR count). The molecule has 0 amide bonds. The summed E-state index contributed by atoms with van der Waals surface area (Å²) < 4.78 is 10.7. The quantitative estimate of drug-likeness (QED) is 0.353. The Kier molecular flexibility index (Phi) is 5.80. The Bertz CT molecular complexity index is 1300. The van der Waals surface area contributed by atoms with Crippen LogP contribution in [-0.2, 0) is 4.74 Å². The molecule has 3 aliphatic rings. The van der Waals surface area contributed by atoms with E-state index in [1.165, 1.54) is 6.39 Å². The predicted molar refractivity (Wildman–Crippen MR) is 138 cm³/mol. The van der Waals surface area contributed by atoms with Gasteiger partial charge in [0.25, 0.3) is 0 Å². The smallest absolute Gasteiger partial charge is 0.220 e. The molecule has 3 aromatic rings. The van der Waals surface area contributed by atoms with Crippen molar-refractivity contribution in [1.82, 2.24) is 25.1 Å². The van der Waals surface area contributed by atoms with Gasteiger partial charge >= 0.3 is 0 Å². The van der Waals surface area contributed by atoms with E-state index in [-0.39, 0.29) is 35.1 Å². The van der Waals surface area contributed by atoms with Gasteiger partial charge in [-0.15, -0.1) is 0 Å². The van der Waals surface area contributed by atoms with Crippen LogP contribution >= 0.6 is 0 Å². The second-order valence-corrected chi connectivity index (χ2v) is 10.4. The highest BCUT2D eigenvalue weighted by atomic mass is 16.5. The summed E-state index contributed by atoms with van der Waals surface area (Å²) in [5.41, 5.74) is 15.6. The number of anilines is 3. The fourth-order valence-corrected chi connectivity index (χ4v) is 5.79. The summed E-state index contributed by atoms with van der Waals surface area (Å²) in [5, 5.41) is 12.8. The van der Waals surface area contributed by atoms with Crippen molar-refractivity contribution in [3.05, 3.63) is 36.1 Å². The molecule has 194 valence electrons. The minimum absolute atomic E-state index is 0.0351. The van der Waals surface area contributed by atoms with Crippen molar-refractivity contribution in [2.24, 2.45) is 11.1 Å². The first-order valence-corrected chi connectivity index (χ1v) is 12.7. The maximum Gasteiger partial charge on any atom is 0.220 e. The van der Waals surface area contributed by atoms with E-state index >= 15 is 0 Å². The first-order chi connectivity index (χ1) is 17.9. The van der Waals surface area contributed by atoms with E-state index in [1.807, 2.05) is 17.0 Å². The molecule has 0 bridgehead atoms. The summed E-state index contributed by atoms with van der Waals surface area (Å²) in [4.78, 5) is 22.2. The van der Waals surface area contributed by atoms with Gasteiger partial charge in [-0.2, -0.15) is 4.98 Å². The van der Waals surface area contributed by atoms with E-state index < -0.39 is 0 Å². The number of hydrogen-bond donors (Lipinski definition) is 3. The van der Waals surface area contributed by atoms with E-state index in [9.17, 15) is 0 Å². The maximum atomic E-state index is 8.95. The molecule has 37 heavy (non-hydrogen) atoms. The highest BCUT2D eigenvalue weighted by Crippen LogP contribution is 2.42. The summed E-state index contributed by atoms with van der Waals surface area (Å²) in [7, 11) is 0. The van der Waals surface area contributed by atoms with Gasteiger partial charge < -0.3 is 30.5 Å². The van der Waals surface area contributed by atoms with E-state index in [2.05, 4.69) is 38.9 Å². The lowest BCUT2D eigenvalue weighted by Gasteiger charge is -2.41. The lowest BCUT2D eigenvalue weighted by molar-refractivity contribution is 0.0974. The number of hydrogen-bond acceptors (Lipinski definition) is 11. The molecular formula is C25H32N10O2. The van der Waals surface area contributed by atoms with Crippen molar-refractivity contribution in [3.63, 3.8) is 0 Å². The Hall–Kier alpha value is -3.64. The molecule has 0 radical (unpaired) electrons. The number of nitrogens with two attached hydrogens (primary N) is 2. The third-order valence-corrected chi connectivity index (χ3v) is 8.25. The number of fused-ring (bicyclic) bond motifs is 1. The highest BCUT2D eigenvalue weighted by molar-refractivity contribution is 6.09. The Morgan fingerprint density at radius 3 is 2.62 bits per heavy atom. The molecular weight excluding hydrogens is 472 g/mol. The van der Waals surface area contributed by atoms with Crippen molar-refractivity contribution in [3.8, 4) is 11.5 Å². The Morgan fingerprint density at radius 1 is 1.14 bits per heavy atom. The van der Waals surface area contributed by atoms with Crippen LogP contribution in [0.2, 0.25) is 0 Å². The van der Waals surface area contributed by atoms with Crippen molar-refractivity contribution in [2.45, 2.75) is 51.2 Å². The number of nitrogens with zero attached hydrogens (tertiary/aromatic N) is 7. The van der Waals surface area contributed by atoms with Crippen LogP contribution in [0.1, 0.15) is 50.4 Å². The van der Waals surface area contributed by atoms with Crippen LogP contribution in [-0.4, -0.2) is 69.3 Å². The maximum absolute atomic E-state index is 8.95. The molecule has 0 aromatic carbocycles. The summed E-state index contributed by atoms with van der Waals surface area (Å²) in [6.45, 7) is 7.20. The predicted octanol–water partition coefficient (Wildman–Crippen LogP) is 2.18. The van der Waals surface area contributed by atoms with Crippen LogP contribution in [0.25, 0.3) is 11.5 Å². The van der Waals surface area contributed by atoms with Gasteiger partial charge in [0, 0.05) is 37.0 Å². The fraction of sp³-hybridized carbons (Fsp3) is 0.520. The minimum atomic E-state index is 0.0351. The van der Waals surface area contributed by atoms with E-state index in [4.69, 9.17) is 31.1 Å². The van der Waals surface area contributed by atoms with Crippen LogP contribution in [0, 0.1) is 10.8 Å². The number of piperidine rings is 1. The number of amidine groups is 1. The van der Waals surface area contributed by atoms with Gasteiger partial charge in [-0.25, -0.2) is 15.0 Å². The van der Waals surface area contributed by atoms with Crippen LogP contribution in [0.5, 0.6) is 0 Å². The van der Waals surface area contributed by atoms with Gasteiger partial charge in [-0.3, -0.25) is 5.41 Å². The SMILES string of the molecule is C[C@@H]1OCC2(CCN(c3cnc(C(=N)N4CC[C@H](C)c5nc(-c6ncon6)ccc54)c(N)n3)CC2)[C@@H]1N. The number of nitrogens with one attached hydrogen (secondary N) is 1. The van der Waals surface area contributed by atoms with E-state index in [0.717, 1.165) is 49.6 Å². The third-order valence-electron chi connectivity index (χ3n) is 8.25. The number of ether oxygens (including phenoxy) is 1. The minimum Gasteiger partial charge on any atom is -0.382 e. The van der Waals surface area contributed by atoms with Crippen LogP contribution in [0.3, 0.4) is 0 Å². The normalized spacial score (nSPS) is 24.9. The van der Waals surface area contributed by atoms with E-state index in [1.54, 1.807) is 6.20 Å². The Morgan fingerprint density at radius 2 is 1.95 bits per heavy atom. The molecule has 0 saturated carbocycles. The molecule has 5 N–H and O–H groups in total. The molecule has 1 spiro atoms. The van der Waals surface area contributed by atoms with Crippen LogP contribution in [0.15, 0.2) is 29.2 Å². The number of pyridine rings is 1. The van der Waals surface area contributed by atoms with Crippen LogP contribution < -0.4 is 21.3 Å². The van der Waals surface area contributed by atoms with Gasteiger partial charge in [-0.05, 0) is 38.3 Å². The molecule has 2 fully saturated rings. The second-order valence-electron chi connectivity index (χ2n) is 10.4. The molecule has 6 heterocycles. The molecule has 12 heteroatoms. The molecule has 3 atom stereocenters. The molecule has 0 aliphatic carbocycles. The average Bonchev–Trinajstić information content (AvgIpc) is 3.55. The Balaban J connectivity index is 1.21. The fourth-order valence-electron chi connectivity index (χ4n) is 5.79. The largest absolute Gasteiger partial charge is 0.382 e. The number of nitrogen functional groups attached to an aromatic ring is 1. The third kappa shape index (κ3) is 4.00. The second kappa shape index (κ2) is 9.03. The molecule has 12 nitrogen and oxygen atoms in total. The first-order valence-electron chi connectivity index (χ1n) is 12.7. The summed E-state index contributed by atoms with van der Waals surface area (Å²) in [6.07, 6.45) is 5.82. The standard InChI is InChI=1S/C25H32N10O2/c1-14-5-8-35(17-4-3-16(31-19(14)17)24-30-13-37-33-24)23(28)20-22(27)32-18(11-29-20)34-9-6-25(7-10-34)12-36-15(2)21(25)26/h3-4,11,13-15,21,28H,5-10,12,26H2,1-2H3,(H2,27,32)/t14-,15-,21+/m0/s1. The lowest BCUT2D eigenvalue weighted by atomic mass is 9.73. The zero-order chi connectivity index (χ0) is 25.7. The van der Waals surface area contributed by atoms with Gasteiger partial charge in [0.2, 0.25) is 12.2 Å². The number of rotatable bonds is 3. The van der Waals surface area contributed by atoms with Gasteiger partial charge in [0.15, 0.2) is 11.7 Å². The van der Waals surface area contributed by atoms with Crippen LogP contribution in [0.4, 0.5) is 17.3 Å². The van der Waals surface area contributed by atoms with Crippen molar-refractivity contribution in [2.75, 3.05) is 41.8 Å². The summed E-state index contributed by atoms with van der Waals surface area (Å²) in [5.74, 6) is 1.84. The van der Waals surface area contributed by atoms with Gasteiger partial charge in [0.05, 0.1) is 30.3 Å². The first kappa shape index (κ1) is 23.7. The van der Waals surface area contributed by atoms with E-state index in [0.29, 0.717) is 30.4 Å². The monoisotopic (exact) mass is 504 g/mol. The molecule has 3 aromatic heterocycles. The topological polar surface area (TPSA) is 169 Å². The average molecular weight is 505 g/mol. The zero-order valence-corrected chi connectivity index (χ0v) is 21.1. The summed E-state index contributed by atoms with van der Waals surface area (Å²) in [6, 6.07) is 3.84. The van der Waals surface area contributed by atoms with Gasteiger partial charge in [-0.1, -0.05) is 12.1 Å². The zero-order valence-electron chi connectivity index (χ0n) is 21.1. The molecule has 3 aliphatic heterocycles. The molecule has 0 unspecified atom stereocenters. The lowest BCUT2D eigenvalue weighted by Crippen LogP contribution is -2.50. The van der Waals surface area contributed by atoms with Crippen molar-refractivity contribution < 1.29 is 9.26 Å². The summed E-state index contributed by atoms with van der Waals surface area (Å²) >= 11 is 0. The van der Waals surface area contributed by atoms with Crippen molar-refractivity contribution >= 4 is 23.2 Å². The highest BCUT2D eigenvalue weighted by Gasteiger charge is 2.47. The number of aromatic nitrogens is 5. The van der Waals surface area contributed by atoms with Crippen molar-refractivity contribution in [1.29, 1.82) is 5.41 Å². The molecule has 2 saturated heterocycles. The Labute approximate surface area is 214 Å².